The lowest BCUT2D eigenvalue weighted by Crippen LogP contribution is -2.59. The van der Waals surface area contributed by atoms with E-state index in [-0.39, 0.29) is 12.5 Å². The van der Waals surface area contributed by atoms with Crippen molar-refractivity contribution in [2.45, 2.75) is 57.4 Å². The second-order valence-corrected chi connectivity index (χ2v) is 6.97. The van der Waals surface area contributed by atoms with Crippen molar-refractivity contribution >= 4 is 11.9 Å². The van der Waals surface area contributed by atoms with Crippen LogP contribution in [0.1, 0.15) is 39.9 Å². The fourth-order valence-corrected chi connectivity index (χ4v) is 3.49. The van der Waals surface area contributed by atoms with Crippen molar-refractivity contribution in [3.8, 4) is 0 Å². The summed E-state index contributed by atoms with van der Waals surface area (Å²) < 4.78 is 5.99. The van der Waals surface area contributed by atoms with Crippen LogP contribution in [0, 0.1) is 0 Å². The molecule has 3 rings (SSSR count). The van der Waals surface area contributed by atoms with E-state index in [1.807, 2.05) is 27.7 Å². The molecule has 1 N–H and O–H groups in total. The number of carbonyl (C=O) groups excluding carboxylic acids is 2. The first-order valence-corrected chi connectivity index (χ1v) is 7.14. The third-order valence-electron chi connectivity index (χ3n) is 4.28. The van der Waals surface area contributed by atoms with E-state index in [1.54, 1.807) is 7.05 Å². The molecule has 0 saturated carbocycles. The molecule has 9 heteroatoms. The molecule has 1 spiro atoms. The van der Waals surface area contributed by atoms with Crippen LogP contribution in [0.3, 0.4) is 0 Å². The van der Waals surface area contributed by atoms with Gasteiger partial charge in [-0.15, -0.1) is 10.2 Å². The smallest absolute Gasteiger partial charge is 0.325 e. The van der Waals surface area contributed by atoms with Gasteiger partial charge in [0.05, 0.1) is 24.8 Å². The number of hydrogen-bond donors (Lipinski definition) is 1. The Morgan fingerprint density at radius 2 is 1.95 bits per heavy atom. The molecule has 3 heterocycles. The van der Waals surface area contributed by atoms with Gasteiger partial charge >= 0.3 is 6.03 Å². The van der Waals surface area contributed by atoms with Crippen molar-refractivity contribution in [1.82, 2.24) is 30.4 Å². The number of hydrogen-bond acceptors (Lipinski definition) is 6. The monoisotopic (exact) mass is 308 g/mol. The van der Waals surface area contributed by atoms with E-state index in [0.29, 0.717) is 12.2 Å². The van der Waals surface area contributed by atoms with Gasteiger partial charge in [0.15, 0.2) is 11.4 Å². The standard InChI is InChI=1S/C13H20N6O3/c1-11(2)7-13(12(3,4)22-11)9(20)19(10(21)14-13)6-8-15-17-18(5)16-8/h6-7H2,1-5H3,(H,14,21). The number of amides is 3. The normalized spacial score (nSPS) is 29.4. The average molecular weight is 308 g/mol. The zero-order chi connectivity index (χ0) is 16.3. The quantitative estimate of drug-likeness (QED) is 0.770. The van der Waals surface area contributed by atoms with Crippen molar-refractivity contribution in [2.24, 2.45) is 7.05 Å². The number of aryl methyl sites for hydroxylation is 1. The van der Waals surface area contributed by atoms with E-state index >= 15 is 0 Å². The van der Waals surface area contributed by atoms with Gasteiger partial charge in [0.1, 0.15) is 0 Å². The van der Waals surface area contributed by atoms with E-state index in [4.69, 9.17) is 4.74 Å². The lowest BCUT2D eigenvalue weighted by atomic mass is 9.79. The van der Waals surface area contributed by atoms with Gasteiger partial charge in [0.25, 0.3) is 5.91 Å². The Morgan fingerprint density at radius 3 is 2.45 bits per heavy atom. The van der Waals surface area contributed by atoms with Gasteiger partial charge in [-0.05, 0) is 32.9 Å². The molecule has 1 aromatic heterocycles. The number of aromatic nitrogens is 4. The second-order valence-electron chi connectivity index (χ2n) is 6.97. The summed E-state index contributed by atoms with van der Waals surface area (Å²) in [4.78, 5) is 27.7. The summed E-state index contributed by atoms with van der Waals surface area (Å²) in [5.41, 5.74) is -2.35. The van der Waals surface area contributed by atoms with Gasteiger partial charge in [0, 0.05) is 6.42 Å². The number of nitrogens with zero attached hydrogens (tertiary/aromatic N) is 5. The third-order valence-corrected chi connectivity index (χ3v) is 4.28. The molecule has 2 fully saturated rings. The molecular formula is C13H20N6O3. The van der Waals surface area contributed by atoms with Gasteiger partial charge in [-0.25, -0.2) is 4.79 Å². The zero-order valence-electron chi connectivity index (χ0n) is 13.4. The van der Waals surface area contributed by atoms with Crippen LogP contribution in [-0.2, 0) is 23.1 Å². The molecule has 9 nitrogen and oxygen atoms in total. The maximum absolute atomic E-state index is 12.9. The lowest BCUT2D eigenvalue weighted by Gasteiger charge is -2.33. The highest BCUT2D eigenvalue weighted by Gasteiger charge is 2.67. The molecule has 0 aliphatic carbocycles. The maximum Gasteiger partial charge on any atom is 0.325 e. The van der Waals surface area contributed by atoms with E-state index in [9.17, 15) is 9.59 Å². The highest BCUT2D eigenvalue weighted by molar-refractivity contribution is 6.08. The molecule has 2 aliphatic rings. The Bertz CT molecular complexity index is 652. The van der Waals surface area contributed by atoms with Crippen LogP contribution < -0.4 is 5.32 Å². The predicted molar refractivity (Wildman–Crippen MR) is 74.5 cm³/mol. The van der Waals surface area contributed by atoms with Crippen molar-refractivity contribution in [2.75, 3.05) is 0 Å². The summed E-state index contributed by atoms with van der Waals surface area (Å²) in [6.45, 7) is 7.47. The molecule has 120 valence electrons. The van der Waals surface area contributed by atoms with E-state index in [0.717, 1.165) is 4.90 Å². The van der Waals surface area contributed by atoms with Crippen molar-refractivity contribution in [3.63, 3.8) is 0 Å². The van der Waals surface area contributed by atoms with Gasteiger partial charge in [-0.3, -0.25) is 9.69 Å². The molecule has 2 aliphatic heterocycles. The number of tetrazole rings is 1. The largest absolute Gasteiger partial charge is 0.367 e. The minimum atomic E-state index is -1.06. The topological polar surface area (TPSA) is 102 Å². The fraction of sp³-hybridized carbons (Fsp3) is 0.769. The molecule has 1 atom stereocenters. The Hall–Kier alpha value is -2.03. The minimum absolute atomic E-state index is 0.00321. The molecule has 1 aromatic rings. The first-order valence-electron chi connectivity index (χ1n) is 7.14. The highest BCUT2D eigenvalue weighted by atomic mass is 16.5. The highest BCUT2D eigenvalue weighted by Crippen LogP contribution is 2.47. The van der Waals surface area contributed by atoms with Crippen LogP contribution in [0.5, 0.6) is 0 Å². The molecule has 0 bridgehead atoms. The molecule has 0 aromatic carbocycles. The first kappa shape index (κ1) is 14.9. The second kappa shape index (κ2) is 4.25. The molecule has 1 unspecified atom stereocenters. The SMILES string of the molecule is Cn1nnc(CN2C(=O)NC3(CC(C)(C)OC3(C)C)C2=O)n1. The lowest BCUT2D eigenvalue weighted by molar-refractivity contribution is -0.139. The molecule has 2 saturated heterocycles. The van der Waals surface area contributed by atoms with Crippen LogP contribution in [0.2, 0.25) is 0 Å². The Labute approximate surface area is 128 Å². The zero-order valence-corrected chi connectivity index (χ0v) is 13.4. The van der Waals surface area contributed by atoms with E-state index in [2.05, 4.69) is 20.7 Å². The third kappa shape index (κ3) is 1.99. The summed E-state index contributed by atoms with van der Waals surface area (Å²) in [6.07, 6.45) is 0.419. The fourth-order valence-electron chi connectivity index (χ4n) is 3.49. The van der Waals surface area contributed by atoms with Gasteiger partial charge < -0.3 is 10.1 Å². The predicted octanol–water partition coefficient (Wildman–Crippen LogP) is -0.0218. The number of ether oxygens (including phenoxy) is 1. The minimum Gasteiger partial charge on any atom is -0.367 e. The number of carbonyl (C=O) groups is 2. The van der Waals surface area contributed by atoms with E-state index in [1.165, 1.54) is 4.80 Å². The summed E-state index contributed by atoms with van der Waals surface area (Å²) in [5.74, 6) is 0.0135. The summed E-state index contributed by atoms with van der Waals surface area (Å²) >= 11 is 0. The number of imide groups is 1. The first-order chi connectivity index (χ1) is 10.1. The molecule has 3 amide bonds. The summed E-state index contributed by atoms with van der Waals surface area (Å²) in [6, 6.07) is -0.452. The Balaban J connectivity index is 1.91. The number of nitrogens with one attached hydrogen (secondary N) is 1. The van der Waals surface area contributed by atoms with Crippen LogP contribution in [0.15, 0.2) is 0 Å². The van der Waals surface area contributed by atoms with Crippen LogP contribution in [0.25, 0.3) is 0 Å². The molecule has 0 radical (unpaired) electrons. The van der Waals surface area contributed by atoms with Crippen LogP contribution >= 0.6 is 0 Å². The van der Waals surface area contributed by atoms with E-state index < -0.39 is 22.8 Å². The number of urea groups is 1. The maximum atomic E-state index is 12.9. The van der Waals surface area contributed by atoms with Crippen molar-refractivity contribution in [1.29, 1.82) is 0 Å². The van der Waals surface area contributed by atoms with Gasteiger partial charge in [0.2, 0.25) is 0 Å². The van der Waals surface area contributed by atoms with Crippen LogP contribution in [0.4, 0.5) is 4.79 Å². The molecular weight excluding hydrogens is 288 g/mol. The average Bonchev–Trinajstić information content (AvgIpc) is 2.91. The molecule has 22 heavy (non-hydrogen) atoms. The Morgan fingerprint density at radius 1 is 1.27 bits per heavy atom. The van der Waals surface area contributed by atoms with Gasteiger partial charge in [-0.2, -0.15) is 4.80 Å². The van der Waals surface area contributed by atoms with Crippen molar-refractivity contribution < 1.29 is 14.3 Å². The Kier molecular flexibility index (Phi) is 2.88. The summed E-state index contributed by atoms with van der Waals surface area (Å²) in [5, 5.41) is 14.4. The number of rotatable bonds is 2. The van der Waals surface area contributed by atoms with Gasteiger partial charge in [-0.1, -0.05) is 0 Å². The van der Waals surface area contributed by atoms with Crippen LogP contribution in [-0.4, -0.2) is 53.8 Å². The summed E-state index contributed by atoms with van der Waals surface area (Å²) in [7, 11) is 1.63. The van der Waals surface area contributed by atoms with Crippen molar-refractivity contribution in [3.05, 3.63) is 5.82 Å².